The highest BCUT2D eigenvalue weighted by Gasteiger charge is 2.10. The highest BCUT2D eigenvalue weighted by atomic mass is 35.5. The van der Waals surface area contributed by atoms with Gasteiger partial charge in [-0.25, -0.2) is 0 Å². The van der Waals surface area contributed by atoms with Crippen LogP contribution in [0.1, 0.15) is 0 Å². The van der Waals surface area contributed by atoms with Crippen molar-refractivity contribution in [1.82, 2.24) is 4.57 Å². The number of methoxy groups -OCH3 is 1. The second-order valence-electron chi connectivity index (χ2n) is 4.12. The molecule has 0 saturated heterocycles. The summed E-state index contributed by atoms with van der Waals surface area (Å²) in [5.74, 6) is 0.597. The summed E-state index contributed by atoms with van der Waals surface area (Å²) in [6.45, 7) is 0.148. The minimum Gasteiger partial charge on any atom is -0.468 e. The first kappa shape index (κ1) is 14.9. The fourth-order valence-electron chi connectivity index (χ4n) is 1.80. The molecule has 0 aliphatic carbocycles. The second kappa shape index (κ2) is 6.31. The van der Waals surface area contributed by atoms with Crippen molar-refractivity contribution in [3.8, 4) is 17.0 Å². The second-order valence-corrected chi connectivity index (χ2v) is 4.94. The molecule has 2 aromatic rings. The van der Waals surface area contributed by atoms with E-state index >= 15 is 0 Å². The number of aromatic nitrogens is 1. The lowest BCUT2D eigenvalue weighted by atomic mass is 10.1. The lowest BCUT2D eigenvalue weighted by molar-refractivity contribution is 0.0511. The summed E-state index contributed by atoms with van der Waals surface area (Å²) < 4.78 is 11.6. The molecule has 0 fully saturated rings. The average molecular weight is 314 g/mol. The van der Waals surface area contributed by atoms with E-state index < -0.39 is 0 Å². The van der Waals surface area contributed by atoms with Crippen LogP contribution < -0.4 is 10.3 Å². The van der Waals surface area contributed by atoms with Crippen LogP contribution in [0, 0.1) is 0 Å². The van der Waals surface area contributed by atoms with Crippen molar-refractivity contribution in [2.75, 3.05) is 13.9 Å². The van der Waals surface area contributed by atoms with Crippen LogP contribution in [0.2, 0.25) is 10.0 Å². The van der Waals surface area contributed by atoms with Crippen LogP contribution in [0.5, 0.6) is 5.75 Å². The Morgan fingerprint density at radius 2 is 1.90 bits per heavy atom. The van der Waals surface area contributed by atoms with Gasteiger partial charge in [-0.1, -0.05) is 23.2 Å². The van der Waals surface area contributed by atoms with Gasteiger partial charge in [-0.15, -0.1) is 0 Å². The number of hydrogen-bond acceptors (Lipinski definition) is 3. The number of benzene rings is 1. The third-order valence-electron chi connectivity index (χ3n) is 2.82. The number of hydrogen-bond donors (Lipinski definition) is 0. The zero-order valence-corrected chi connectivity index (χ0v) is 12.5. The first-order valence-electron chi connectivity index (χ1n) is 5.81. The maximum atomic E-state index is 11.8. The van der Waals surface area contributed by atoms with Crippen molar-refractivity contribution in [3.05, 3.63) is 50.7 Å². The molecular formula is C14H13Cl2NO3. The first-order valence-corrected chi connectivity index (χ1v) is 6.57. The summed E-state index contributed by atoms with van der Waals surface area (Å²) in [6.07, 6.45) is 0. The summed E-state index contributed by atoms with van der Waals surface area (Å²) in [7, 11) is 3.19. The summed E-state index contributed by atoms with van der Waals surface area (Å²) >= 11 is 12.0. The van der Waals surface area contributed by atoms with Crippen LogP contribution in [-0.4, -0.2) is 18.5 Å². The van der Waals surface area contributed by atoms with Crippen LogP contribution >= 0.6 is 23.2 Å². The van der Waals surface area contributed by atoms with Gasteiger partial charge in [0.25, 0.3) is 5.56 Å². The van der Waals surface area contributed by atoms with Gasteiger partial charge >= 0.3 is 0 Å². The molecule has 20 heavy (non-hydrogen) atoms. The highest BCUT2D eigenvalue weighted by Crippen LogP contribution is 2.30. The molecule has 0 radical (unpaired) electrons. The average Bonchev–Trinajstić information content (AvgIpc) is 2.44. The minimum atomic E-state index is -0.264. The summed E-state index contributed by atoms with van der Waals surface area (Å²) in [4.78, 5) is 11.8. The van der Waals surface area contributed by atoms with E-state index in [2.05, 4.69) is 0 Å². The van der Waals surface area contributed by atoms with Crippen molar-refractivity contribution < 1.29 is 9.47 Å². The van der Waals surface area contributed by atoms with Crippen LogP contribution in [0.15, 0.2) is 35.1 Å². The molecule has 1 heterocycles. The molecule has 6 heteroatoms. The van der Waals surface area contributed by atoms with Gasteiger partial charge < -0.3 is 14.0 Å². The fraction of sp³-hybridized carbons (Fsp3) is 0.214. The van der Waals surface area contributed by atoms with Crippen molar-refractivity contribution in [2.24, 2.45) is 7.05 Å². The Morgan fingerprint density at radius 3 is 2.55 bits per heavy atom. The third kappa shape index (κ3) is 2.98. The lowest BCUT2D eigenvalue weighted by Crippen LogP contribution is -2.18. The molecule has 0 N–H and O–H groups in total. The van der Waals surface area contributed by atoms with E-state index in [1.54, 1.807) is 44.5 Å². The monoisotopic (exact) mass is 313 g/mol. The third-order valence-corrected chi connectivity index (χ3v) is 3.42. The quantitative estimate of drug-likeness (QED) is 0.813. The van der Waals surface area contributed by atoms with Gasteiger partial charge in [-0.05, 0) is 30.3 Å². The van der Waals surface area contributed by atoms with Gasteiger partial charge in [-0.3, -0.25) is 4.79 Å². The fourth-order valence-corrected chi connectivity index (χ4v) is 2.25. The number of rotatable bonds is 4. The Labute approximate surface area is 126 Å². The Bertz CT molecular complexity index is 683. The van der Waals surface area contributed by atoms with E-state index in [1.807, 2.05) is 0 Å². The number of halogens is 2. The molecular weight excluding hydrogens is 301 g/mol. The van der Waals surface area contributed by atoms with Gasteiger partial charge in [0.15, 0.2) is 6.79 Å². The van der Waals surface area contributed by atoms with Crippen LogP contribution in [0.3, 0.4) is 0 Å². The largest absolute Gasteiger partial charge is 0.468 e. The maximum Gasteiger partial charge on any atom is 0.269 e. The predicted octanol–water partition coefficient (Wildman–Crippen LogP) is 3.34. The number of nitrogens with zero attached hydrogens (tertiary/aromatic N) is 1. The van der Waals surface area contributed by atoms with Crippen LogP contribution in [0.4, 0.5) is 0 Å². The summed E-state index contributed by atoms with van der Waals surface area (Å²) in [6, 6.07) is 8.54. The summed E-state index contributed by atoms with van der Waals surface area (Å²) in [5, 5.41) is 0.656. The SMILES string of the molecule is COCOc1ccc(-c2ccc(Cl)c(=O)n2C)c(Cl)c1. The smallest absolute Gasteiger partial charge is 0.269 e. The topological polar surface area (TPSA) is 40.5 Å². The minimum absolute atomic E-state index is 0.148. The molecule has 4 nitrogen and oxygen atoms in total. The van der Waals surface area contributed by atoms with Crippen molar-refractivity contribution in [1.29, 1.82) is 0 Å². The molecule has 0 aliphatic heterocycles. The highest BCUT2D eigenvalue weighted by molar-refractivity contribution is 6.33. The Hall–Kier alpha value is -1.49. The van der Waals surface area contributed by atoms with Crippen LogP contribution in [0.25, 0.3) is 11.3 Å². The molecule has 106 valence electrons. The van der Waals surface area contributed by atoms with Crippen molar-refractivity contribution in [2.45, 2.75) is 0 Å². The van der Waals surface area contributed by atoms with Crippen molar-refractivity contribution in [3.63, 3.8) is 0 Å². The maximum absolute atomic E-state index is 11.8. The zero-order chi connectivity index (χ0) is 14.7. The van der Waals surface area contributed by atoms with Crippen molar-refractivity contribution >= 4 is 23.2 Å². The van der Waals surface area contributed by atoms with E-state index in [0.29, 0.717) is 16.5 Å². The molecule has 0 atom stereocenters. The first-order chi connectivity index (χ1) is 9.54. The van der Waals surface area contributed by atoms with Gasteiger partial charge in [0.05, 0.1) is 10.7 Å². The van der Waals surface area contributed by atoms with E-state index in [9.17, 15) is 4.79 Å². The van der Waals surface area contributed by atoms with E-state index in [4.69, 9.17) is 32.7 Å². The number of pyridine rings is 1. The van der Waals surface area contributed by atoms with Gasteiger partial charge in [-0.2, -0.15) is 0 Å². The molecule has 0 spiro atoms. The predicted molar refractivity (Wildman–Crippen MR) is 79.6 cm³/mol. The molecule has 0 saturated carbocycles. The lowest BCUT2D eigenvalue weighted by Gasteiger charge is -2.12. The van der Waals surface area contributed by atoms with E-state index in [-0.39, 0.29) is 17.4 Å². The van der Waals surface area contributed by atoms with E-state index in [1.165, 1.54) is 4.57 Å². The number of ether oxygens (including phenoxy) is 2. The van der Waals surface area contributed by atoms with Gasteiger partial charge in [0.1, 0.15) is 10.8 Å². The van der Waals surface area contributed by atoms with Gasteiger partial charge in [0, 0.05) is 19.7 Å². The molecule has 0 aliphatic rings. The Morgan fingerprint density at radius 1 is 1.15 bits per heavy atom. The Kier molecular flexibility index (Phi) is 4.70. The van der Waals surface area contributed by atoms with E-state index in [0.717, 1.165) is 5.56 Å². The normalized spacial score (nSPS) is 10.6. The molecule has 2 rings (SSSR count). The molecule has 0 unspecified atom stereocenters. The van der Waals surface area contributed by atoms with Crippen LogP contribution in [-0.2, 0) is 11.8 Å². The van der Waals surface area contributed by atoms with Gasteiger partial charge in [0.2, 0.25) is 0 Å². The Balaban J connectivity index is 2.44. The molecule has 0 amide bonds. The molecule has 1 aromatic carbocycles. The molecule has 1 aromatic heterocycles. The standard InChI is InChI=1S/C14H13Cl2NO3/c1-17-13(6-5-11(15)14(17)18)10-4-3-9(7-12(10)16)20-8-19-2/h3-7H,8H2,1-2H3. The summed E-state index contributed by atoms with van der Waals surface area (Å²) in [5.41, 5.74) is 1.15. The molecule has 0 bridgehead atoms. The zero-order valence-electron chi connectivity index (χ0n) is 11.0.